The van der Waals surface area contributed by atoms with Crippen molar-refractivity contribution >= 4 is 17.9 Å². The van der Waals surface area contributed by atoms with E-state index in [4.69, 9.17) is 14.2 Å². The lowest BCUT2D eigenvalue weighted by Crippen LogP contribution is -2.30. The van der Waals surface area contributed by atoms with E-state index in [1.165, 1.54) is 109 Å². The van der Waals surface area contributed by atoms with Crippen LogP contribution in [0.5, 0.6) is 0 Å². The lowest BCUT2D eigenvalue weighted by atomic mass is 10.1. The molecule has 378 valence electrons. The van der Waals surface area contributed by atoms with Crippen LogP contribution in [-0.2, 0) is 28.6 Å². The molecule has 0 aromatic carbocycles. The summed E-state index contributed by atoms with van der Waals surface area (Å²) in [7, 11) is 0. The predicted octanol–water partition coefficient (Wildman–Crippen LogP) is 18.4. The average Bonchev–Trinajstić information content (AvgIpc) is 3.31. The van der Waals surface area contributed by atoms with Gasteiger partial charge in [0.1, 0.15) is 13.2 Å². The Bertz CT molecular complexity index is 1290. The van der Waals surface area contributed by atoms with Crippen molar-refractivity contribution in [1.82, 2.24) is 0 Å². The first-order valence-electron chi connectivity index (χ1n) is 27.6. The van der Waals surface area contributed by atoms with Crippen LogP contribution >= 0.6 is 0 Å². The summed E-state index contributed by atoms with van der Waals surface area (Å²) >= 11 is 0. The van der Waals surface area contributed by atoms with E-state index in [0.29, 0.717) is 19.3 Å². The van der Waals surface area contributed by atoms with Crippen LogP contribution in [-0.4, -0.2) is 37.2 Å². The van der Waals surface area contributed by atoms with Gasteiger partial charge in [-0.15, -0.1) is 0 Å². The van der Waals surface area contributed by atoms with Gasteiger partial charge in [0.05, 0.1) is 0 Å². The van der Waals surface area contributed by atoms with Crippen LogP contribution in [0.15, 0.2) is 85.1 Å². The van der Waals surface area contributed by atoms with Gasteiger partial charge in [0.2, 0.25) is 0 Å². The van der Waals surface area contributed by atoms with Gasteiger partial charge in [-0.05, 0) is 103 Å². The van der Waals surface area contributed by atoms with Gasteiger partial charge in [-0.25, -0.2) is 0 Å². The summed E-state index contributed by atoms with van der Waals surface area (Å²) in [6.45, 7) is 6.45. The number of hydrogen-bond acceptors (Lipinski definition) is 6. The van der Waals surface area contributed by atoms with Gasteiger partial charge in [-0.1, -0.05) is 221 Å². The third-order valence-corrected chi connectivity index (χ3v) is 11.6. The first kappa shape index (κ1) is 62.6. The molecule has 0 aliphatic rings. The van der Waals surface area contributed by atoms with Crippen molar-refractivity contribution in [2.24, 2.45) is 0 Å². The number of hydrogen-bond donors (Lipinski definition) is 0. The molecule has 0 aromatic heterocycles. The zero-order valence-corrected chi connectivity index (χ0v) is 43.2. The zero-order chi connectivity index (χ0) is 47.9. The Morgan fingerprint density at radius 2 is 0.621 bits per heavy atom. The molecule has 0 N–H and O–H groups in total. The second kappa shape index (κ2) is 54.2. The van der Waals surface area contributed by atoms with Gasteiger partial charge in [-0.2, -0.15) is 0 Å². The summed E-state index contributed by atoms with van der Waals surface area (Å²) in [4.78, 5) is 38.0. The van der Waals surface area contributed by atoms with Crippen molar-refractivity contribution in [1.29, 1.82) is 0 Å². The summed E-state index contributed by atoms with van der Waals surface area (Å²) in [6, 6.07) is 0. The summed E-state index contributed by atoms with van der Waals surface area (Å²) in [5.41, 5.74) is 0. The molecular formula is C60H102O6. The van der Waals surface area contributed by atoms with Crippen LogP contribution in [0.2, 0.25) is 0 Å². The molecule has 0 aliphatic heterocycles. The highest BCUT2D eigenvalue weighted by Gasteiger charge is 2.19. The molecule has 0 heterocycles. The monoisotopic (exact) mass is 919 g/mol. The van der Waals surface area contributed by atoms with Gasteiger partial charge in [-0.3, -0.25) is 14.4 Å². The van der Waals surface area contributed by atoms with E-state index in [1.54, 1.807) is 0 Å². The maximum Gasteiger partial charge on any atom is 0.306 e. The largest absolute Gasteiger partial charge is 0.462 e. The van der Waals surface area contributed by atoms with Crippen molar-refractivity contribution < 1.29 is 28.6 Å². The molecule has 0 radical (unpaired) electrons. The molecule has 6 heteroatoms. The molecule has 0 saturated carbocycles. The maximum atomic E-state index is 12.8. The van der Waals surface area contributed by atoms with E-state index >= 15 is 0 Å². The van der Waals surface area contributed by atoms with Crippen molar-refractivity contribution in [2.75, 3.05) is 13.2 Å². The number of carbonyl (C=O) groups excluding carboxylic acids is 3. The normalized spacial score (nSPS) is 12.7. The number of rotatable bonds is 49. The second-order valence-corrected chi connectivity index (χ2v) is 18.1. The Labute approximate surface area is 407 Å². The molecule has 66 heavy (non-hydrogen) atoms. The zero-order valence-electron chi connectivity index (χ0n) is 43.2. The highest BCUT2D eigenvalue weighted by Crippen LogP contribution is 2.14. The lowest BCUT2D eigenvalue weighted by Gasteiger charge is -2.18. The molecule has 0 spiro atoms. The van der Waals surface area contributed by atoms with Crippen LogP contribution < -0.4 is 0 Å². The first-order valence-corrected chi connectivity index (χ1v) is 27.6. The van der Waals surface area contributed by atoms with Gasteiger partial charge in [0.25, 0.3) is 0 Å². The molecule has 6 nitrogen and oxygen atoms in total. The SMILES string of the molecule is CC/C=C\C/C=C\C/C=C\C/C=C\CCCCCCCCC(=O)OCC(COC(=O)CC/C=C\C/C=C\CCCCCCCC)OC(=O)CCCCCCC/C=C\CCCCCCCCC. The number of ether oxygens (including phenoxy) is 3. The molecule has 0 aromatic rings. The molecule has 0 fully saturated rings. The second-order valence-electron chi connectivity index (χ2n) is 18.1. The average molecular weight is 919 g/mol. The molecular weight excluding hydrogens is 817 g/mol. The van der Waals surface area contributed by atoms with E-state index in [0.717, 1.165) is 103 Å². The fourth-order valence-electron chi connectivity index (χ4n) is 7.48. The number of allylic oxidation sites excluding steroid dienone is 14. The van der Waals surface area contributed by atoms with Gasteiger partial charge < -0.3 is 14.2 Å². The molecule has 0 aliphatic carbocycles. The molecule has 1 atom stereocenters. The van der Waals surface area contributed by atoms with Gasteiger partial charge >= 0.3 is 17.9 Å². The van der Waals surface area contributed by atoms with Crippen molar-refractivity contribution in [2.45, 2.75) is 264 Å². The van der Waals surface area contributed by atoms with Crippen molar-refractivity contribution in [3.8, 4) is 0 Å². The Kier molecular flexibility index (Phi) is 51.4. The van der Waals surface area contributed by atoms with E-state index in [-0.39, 0.29) is 37.5 Å². The number of unbranched alkanes of at least 4 members (excludes halogenated alkanes) is 24. The molecule has 0 amide bonds. The third-order valence-electron chi connectivity index (χ3n) is 11.6. The third kappa shape index (κ3) is 51.6. The highest BCUT2D eigenvalue weighted by atomic mass is 16.6. The van der Waals surface area contributed by atoms with E-state index in [9.17, 15) is 14.4 Å². The summed E-state index contributed by atoms with van der Waals surface area (Å²) in [6.07, 6.45) is 70.1. The minimum Gasteiger partial charge on any atom is -0.462 e. The molecule has 0 rings (SSSR count). The minimum absolute atomic E-state index is 0.105. The predicted molar refractivity (Wildman–Crippen MR) is 284 cm³/mol. The van der Waals surface area contributed by atoms with Crippen LogP contribution in [0.4, 0.5) is 0 Å². The minimum atomic E-state index is -0.809. The van der Waals surface area contributed by atoms with E-state index < -0.39 is 6.10 Å². The van der Waals surface area contributed by atoms with E-state index in [2.05, 4.69) is 99.8 Å². The van der Waals surface area contributed by atoms with Crippen LogP contribution in [0.3, 0.4) is 0 Å². The Hall–Kier alpha value is -3.41. The molecule has 1 unspecified atom stereocenters. The molecule has 0 saturated heterocycles. The summed E-state index contributed by atoms with van der Waals surface area (Å²) in [5.74, 6) is -0.993. The standard InChI is InChI=1S/C60H102O6/c1-4-7-10-13-16-19-22-25-27-29-30-31-33-35-38-41-44-47-50-53-59(62)65-56-57(55-64-58(61)52-49-46-43-40-37-34-24-21-18-15-12-9-6-3)66-60(63)54-51-48-45-42-39-36-32-28-26-23-20-17-14-11-8-5-2/h7,10,16,19,25,27-28,30-32,34,37,43,46,57H,4-6,8-9,11-15,17-18,20-24,26,29,33,35-36,38-42,44-45,47-56H2,1-3H3/b10-7-,19-16-,27-25-,31-30-,32-28-,37-34-,46-43-. The van der Waals surface area contributed by atoms with Crippen LogP contribution in [0.1, 0.15) is 258 Å². The highest BCUT2D eigenvalue weighted by molar-refractivity contribution is 5.71. The smallest absolute Gasteiger partial charge is 0.306 e. The Balaban J connectivity index is 4.46. The first-order chi connectivity index (χ1) is 32.5. The van der Waals surface area contributed by atoms with E-state index in [1.807, 2.05) is 6.08 Å². The van der Waals surface area contributed by atoms with Crippen LogP contribution in [0, 0.1) is 0 Å². The van der Waals surface area contributed by atoms with Crippen LogP contribution in [0.25, 0.3) is 0 Å². The number of esters is 3. The quantitative estimate of drug-likeness (QED) is 0.0262. The van der Waals surface area contributed by atoms with Crippen molar-refractivity contribution in [3.05, 3.63) is 85.1 Å². The van der Waals surface area contributed by atoms with Crippen molar-refractivity contribution in [3.63, 3.8) is 0 Å². The maximum absolute atomic E-state index is 12.8. The summed E-state index contributed by atoms with van der Waals surface area (Å²) in [5, 5.41) is 0. The topological polar surface area (TPSA) is 78.9 Å². The molecule has 0 bridgehead atoms. The van der Waals surface area contributed by atoms with Gasteiger partial charge in [0, 0.05) is 19.3 Å². The Morgan fingerprint density at radius 1 is 0.318 bits per heavy atom. The Morgan fingerprint density at radius 3 is 1.03 bits per heavy atom. The fraction of sp³-hybridized carbons (Fsp3) is 0.717. The lowest BCUT2D eigenvalue weighted by molar-refractivity contribution is -0.166. The van der Waals surface area contributed by atoms with Gasteiger partial charge in [0.15, 0.2) is 6.10 Å². The fourth-order valence-corrected chi connectivity index (χ4v) is 7.48. The summed E-state index contributed by atoms with van der Waals surface area (Å²) < 4.78 is 16.8. The number of carbonyl (C=O) groups is 3.